The normalized spacial score (nSPS) is 19.1. The number of benzene rings is 1. The van der Waals surface area contributed by atoms with Gasteiger partial charge in [-0.2, -0.15) is 0 Å². The van der Waals surface area contributed by atoms with Gasteiger partial charge in [0.15, 0.2) is 0 Å². The molecule has 0 saturated carbocycles. The molecule has 0 aromatic heterocycles. The van der Waals surface area contributed by atoms with Crippen LogP contribution in [0.15, 0.2) is 17.0 Å². The summed E-state index contributed by atoms with van der Waals surface area (Å²) in [6.07, 6.45) is 1.76. The molecule has 110 valence electrons. The molecule has 1 saturated heterocycles. The summed E-state index contributed by atoms with van der Waals surface area (Å²) in [5.41, 5.74) is 2.10. The van der Waals surface area contributed by atoms with Gasteiger partial charge in [-0.3, -0.25) is 4.79 Å². The van der Waals surface area contributed by atoms with Crippen LogP contribution in [0.5, 0.6) is 0 Å². The molecule has 2 rings (SSSR count). The lowest BCUT2D eigenvalue weighted by molar-refractivity contribution is -0.117. The van der Waals surface area contributed by atoms with Crippen LogP contribution in [0.4, 0.5) is 5.69 Å². The fraction of sp³-hybridized carbons (Fsp3) is 0.462. The first-order valence-corrected chi connectivity index (χ1v) is 8.02. The summed E-state index contributed by atoms with van der Waals surface area (Å²) in [7, 11) is -3.79. The number of nitrogens with one attached hydrogen (secondary N) is 2. The highest BCUT2D eigenvalue weighted by atomic mass is 32.2. The van der Waals surface area contributed by atoms with E-state index in [2.05, 4.69) is 10.6 Å². The van der Waals surface area contributed by atoms with Crippen LogP contribution in [-0.4, -0.2) is 26.9 Å². The molecule has 0 radical (unpaired) electrons. The van der Waals surface area contributed by atoms with Crippen molar-refractivity contribution in [3.05, 3.63) is 23.3 Å². The molecule has 1 heterocycles. The van der Waals surface area contributed by atoms with Crippen molar-refractivity contribution in [2.45, 2.75) is 37.6 Å². The van der Waals surface area contributed by atoms with Crippen LogP contribution >= 0.6 is 0 Å². The standard InChI is InChI=1S/C13H19N3O3S/c1-8-6-10(20(14,18)19)7-12(9(8)2)16-13(17)11-4-3-5-15-11/h6-7,11,15H,3-5H2,1-2H3,(H,16,17)(H2,14,18,19)/t11-/m0/s1. The van der Waals surface area contributed by atoms with Crippen LogP contribution in [0, 0.1) is 13.8 Å². The van der Waals surface area contributed by atoms with Crippen LogP contribution in [0.1, 0.15) is 24.0 Å². The lowest BCUT2D eigenvalue weighted by Gasteiger charge is -2.15. The third-order valence-corrected chi connectivity index (χ3v) is 4.50. The Morgan fingerprint density at radius 3 is 2.65 bits per heavy atom. The molecule has 0 bridgehead atoms. The number of anilines is 1. The Hall–Kier alpha value is -1.44. The fourth-order valence-corrected chi connectivity index (χ4v) is 2.87. The Morgan fingerprint density at radius 2 is 2.10 bits per heavy atom. The van der Waals surface area contributed by atoms with Crippen LogP contribution in [0.3, 0.4) is 0 Å². The first kappa shape index (κ1) is 15.0. The highest BCUT2D eigenvalue weighted by Crippen LogP contribution is 2.24. The molecule has 7 heteroatoms. The first-order valence-electron chi connectivity index (χ1n) is 6.47. The molecule has 0 spiro atoms. The molecule has 6 nitrogen and oxygen atoms in total. The number of aryl methyl sites for hydroxylation is 1. The second-order valence-electron chi connectivity index (χ2n) is 5.10. The fourth-order valence-electron chi connectivity index (χ4n) is 2.25. The van der Waals surface area contributed by atoms with Crippen molar-refractivity contribution in [2.75, 3.05) is 11.9 Å². The zero-order valence-corrected chi connectivity index (χ0v) is 12.4. The zero-order valence-electron chi connectivity index (χ0n) is 11.6. The van der Waals surface area contributed by atoms with Gasteiger partial charge in [0.2, 0.25) is 15.9 Å². The van der Waals surface area contributed by atoms with Crippen molar-refractivity contribution >= 4 is 21.6 Å². The van der Waals surface area contributed by atoms with Crippen molar-refractivity contribution in [2.24, 2.45) is 5.14 Å². The van der Waals surface area contributed by atoms with E-state index in [0.717, 1.165) is 30.5 Å². The molecule has 1 atom stereocenters. The van der Waals surface area contributed by atoms with E-state index in [-0.39, 0.29) is 16.8 Å². The summed E-state index contributed by atoms with van der Waals surface area (Å²) in [6.45, 7) is 4.45. The van der Waals surface area contributed by atoms with Gasteiger partial charge in [0.1, 0.15) is 0 Å². The number of primary sulfonamides is 1. The van der Waals surface area contributed by atoms with E-state index in [9.17, 15) is 13.2 Å². The third kappa shape index (κ3) is 3.17. The van der Waals surface area contributed by atoms with Crippen molar-refractivity contribution in [1.29, 1.82) is 0 Å². The smallest absolute Gasteiger partial charge is 0.241 e. The lowest BCUT2D eigenvalue weighted by Crippen LogP contribution is -2.35. The van der Waals surface area contributed by atoms with Gasteiger partial charge < -0.3 is 10.6 Å². The van der Waals surface area contributed by atoms with E-state index in [4.69, 9.17) is 5.14 Å². The Balaban J connectivity index is 2.31. The van der Waals surface area contributed by atoms with Gasteiger partial charge in [0.05, 0.1) is 10.9 Å². The van der Waals surface area contributed by atoms with Crippen molar-refractivity contribution in [1.82, 2.24) is 5.32 Å². The van der Waals surface area contributed by atoms with Gasteiger partial charge in [-0.15, -0.1) is 0 Å². The third-order valence-electron chi connectivity index (χ3n) is 3.60. The maximum Gasteiger partial charge on any atom is 0.241 e. The number of rotatable bonds is 3. The molecule has 1 aliphatic heterocycles. The summed E-state index contributed by atoms with van der Waals surface area (Å²) in [6, 6.07) is 2.70. The predicted octanol–water partition coefficient (Wildman–Crippen LogP) is 0.641. The number of amides is 1. The summed E-state index contributed by atoms with van der Waals surface area (Å²) in [5, 5.41) is 11.0. The highest BCUT2D eigenvalue weighted by molar-refractivity contribution is 7.89. The van der Waals surface area contributed by atoms with E-state index < -0.39 is 10.0 Å². The van der Waals surface area contributed by atoms with Gasteiger partial charge in [-0.05, 0) is 56.5 Å². The van der Waals surface area contributed by atoms with Crippen molar-refractivity contribution in [3.8, 4) is 0 Å². The number of carbonyl (C=O) groups excluding carboxylic acids is 1. The Morgan fingerprint density at radius 1 is 1.40 bits per heavy atom. The van der Waals surface area contributed by atoms with Crippen LogP contribution < -0.4 is 15.8 Å². The predicted molar refractivity (Wildman–Crippen MR) is 76.9 cm³/mol. The molecular weight excluding hydrogens is 278 g/mol. The molecule has 1 aromatic rings. The Labute approximate surface area is 118 Å². The summed E-state index contributed by atoms with van der Waals surface area (Å²) in [4.78, 5) is 12.1. The van der Waals surface area contributed by atoms with Crippen molar-refractivity contribution in [3.63, 3.8) is 0 Å². The van der Waals surface area contributed by atoms with Crippen LogP contribution in [0.2, 0.25) is 0 Å². The molecule has 1 aliphatic rings. The number of hydrogen-bond acceptors (Lipinski definition) is 4. The summed E-state index contributed by atoms with van der Waals surface area (Å²) < 4.78 is 22.9. The topological polar surface area (TPSA) is 101 Å². The molecule has 4 N–H and O–H groups in total. The maximum atomic E-state index is 12.1. The minimum absolute atomic E-state index is 0.00952. The van der Waals surface area contributed by atoms with Gasteiger partial charge in [0.25, 0.3) is 0 Å². The molecule has 0 aliphatic carbocycles. The van der Waals surface area contributed by atoms with Gasteiger partial charge >= 0.3 is 0 Å². The minimum Gasteiger partial charge on any atom is -0.324 e. The summed E-state index contributed by atoms with van der Waals surface area (Å²) >= 11 is 0. The number of hydrogen-bond donors (Lipinski definition) is 3. The lowest BCUT2D eigenvalue weighted by atomic mass is 10.1. The largest absolute Gasteiger partial charge is 0.324 e. The zero-order chi connectivity index (χ0) is 14.9. The average molecular weight is 297 g/mol. The minimum atomic E-state index is -3.79. The number of nitrogens with two attached hydrogens (primary N) is 1. The van der Waals surface area contributed by atoms with E-state index >= 15 is 0 Å². The molecule has 20 heavy (non-hydrogen) atoms. The summed E-state index contributed by atoms with van der Waals surface area (Å²) in [5.74, 6) is -0.142. The van der Waals surface area contributed by atoms with Crippen LogP contribution in [-0.2, 0) is 14.8 Å². The second-order valence-corrected chi connectivity index (χ2v) is 6.66. The molecule has 1 fully saturated rings. The van der Waals surface area contributed by atoms with E-state index in [1.807, 2.05) is 6.92 Å². The number of sulfonamides is 1. The second kappa shape index (κ2) is 5.51. The SMILES string of the molecule is Cc1cc(S(N)(=O)=O)cc(NC(=O)[C@@H]2CCCN2)c1C. The van der Waals surface area contributed by atoms with Gasteiger partial charge in [0, 0.05) is 5.69 Å². The van der Waals surface area contributed by atoms with Crippen LogP contribution in [0.25, 0.3) is 0 Å². The monoisotopic (exact) mass is 297 g/mol. The molecule has 0 unspecified atom stereocenters. The van der Waals surface area contributed by atoms with E-state index in [1.165, 1.54) is 12.1 Å². The van der Waals surface area contributed by atoms with Crippen molar-refractivity contribution < 1.29 is 13.2 Å². The quantitative estimate of drug-likeness (QED) is 0.762. The van der Waals surface area contributed by atoms with Gasteiger partial charge in [-0.25, -0.2) is 13.6 Å². The Kier molecular flexibility index (Phi) is 4.12. The number of carbonyl (C=O) groups is 1. The maximum absolute atomic E-state index is 12.1. The Bertz CT molecular complexity index is 635. The molecular formula is C13H19N3O3S. The highest BCUT2D eigenvalue weighted by Gasteiger charge is 2.23. The van der Waals surface area contributed by atoms with Gasteiger partial charge in [-0.1, -0.05) is 0 Å². The average Bonchev–Trinajstić information content (AvgIpc) is 2.87. The molecule has 1 aromatic carbocycles. The first-order chi connectivity index (χ1) is 9.29. The van der Waals surface area contributed by atoms with E-state index in [0.29, 0.717) is 5.69 Å². The van der Waals surface area contributed by atoms with E-state index in [1.54, 1.807) is 6.92 Å². The molecule has 1 amide bonds.